The number of carboxylic acid groups (broad SMARTS) is 1. The molecule has 1 aromatic rings. The SMILES string of the molecule is CCc1ccc(CNC(C)C(C)C(=O)O)s1. The highest BCUT2D eigenvalue weighted by Gasteiger charge is 2.18. The van der Waals surface area contributed by atoms with Crippen molar-refractivity contribution in [2.24, 2.45) is 5.92 Å². The lowest BCUT2D eigenvalue weighted by Crippen LogP contribution is -2.35. The average molecular weight is 241 g/mol. The Morgan fingerprint density at radius 1 is 1.44 bits per heavy atom. The summed E-state index contributed by atoms with van der Waals surface area (Å²) in [5.41, 5.74) is 0. The number of carboxylic acids is 1. The molecule has 0 saturated carbocycles. The van der Waals surface area contributed by atoms with Crippen molar-refractivity contribution in [2.45, 2.75) is 39.8 Å². The predicted molar refractivity (Wildman–Crippen MR) is 66.8 cm³/mol. The third-order valence-corrected chi connectivity index (χ3v) is 4.03. The van der Waals surface area contributed by atoms with E-state index in [-0.39, 0.29) is 12.0 Å². The van der Waals surface area contributed by atoms with E-state index in [0.717, 1.165) is 13.0 Å². The Labute approximate surface area is 100 Å². The van der Waals surface area contributed by atoms with E-state index in [1.165, 1.54) is 9.75 Å². The number of rotatable bonds is 6. The van der Waals surface area contributed by atoms with Crippen LogP contribution in [0.2, 0.25) is 0 Å². The Bertz CT molecular complexity index is 349. The molecule has 1 heterocycles. The molecule has 3 nitrogen and oxygen atoms in total. The summed E-state index contributed by atoms with van der Waals surface area (Å²) in [7, 11) is 0. The lowest BCUT2D eigenvalue weighted by atomic mass is 10.0. The van der Waals surface area contributed by atoms with Crippen molar-refractivity contribution in [1.82, 2.24) is 5.32 Å². The van der Waals surface area contributed by atoms with Gasteiger partial charge < -0.3 is 10.4 Å². The summed E-state index contributed by atoms with van der Waals surface area (Å²) >= 11 is 1.79. The van der Waals surface area contributed by atoms with E-state index in [1.54, 1.807) is 18.3 Å². The molecule has 0 spiro atoms. The van der Waals surface area contributed by atoms with Gasteiger partial charge in [0, 0.05) is 22.3 Å². The van der Waals surface area contributed by atoms with E-state index in [4.69, 9.17) is 5.11 Å². The highest BCUT2D eigenvalue weighted by molar-refractivity contribution is 7.11. The second-order valence-electron chi connectivity index (χ2n) is 4.02. The molecule has 90 valence electrons. The van der Waals surface area contributed by atoms with Gasteiger partial charge in [0.15, 0.2) is 0 Å². The number of hydrogen-bond donors (Lipinski definition) is 2. The van der Waals surface area contributed by atoms with Crippen LogP contribution < -0.4 is 5.32 Å². The molecule has 2 atom stereocenters. The van der Waals surface area contributed by atoms with Crippen LogP contribution in [0.3, 0.4) is 0 Å². The zero-order valence-corrected chi connectivity index (χ0v) is 10.8. The summed E-state index contributed by atoms with van der Waals surface area (Å²) in [6, 6.07) is 4.23. The molecule has 0 fully saturated rings. The van der Waals surface area contributed by atoms with Crippen LogP contribution in [0, 0.1) is 5.92 Å². The molecule has 0 aliphatic carbocycles. The average Bonchev–Trinajstić information content (AvgIpc) is 2.72. The first-order valence-electron chi connectivity index (χ1n) is 5.58. The first-order valence-corrected chi connectivity index (χ1v) is 6.40. The lowest BCUT2D eigenvalue weighted by Gasteiger charge is -2.17. The van der Waals surface area contributed by atoms with Crippen LogP contribution in [-0.4, -0.2) is 17.1 Å². The molecule has 0 aliphatic heterocycles. The van der Waals surface area contributed by atoms with Crippen molar-refractivity contribution in [3.05, 3.63) is 21.9 Å². The van der Waals surface area contributed by atoms with Crippen LogP contribution in [0.25, 0.3) is 0 Å². The zero-order valence-electron chi connectivity index (χ0n) is 9.99. The van der Waals surface area contributed by atoms with Gasteiger partial charge in [-0.1, -0.05) is 13.8 Å². The van der Waals surface area contributed by atoms with Crippen molar-refractivity contribution in [3.63, 3.8) is 0 Å². The fourth-order valence-electron chi connectivity index (χ4n) is 1.36. The Morgan fingerprint density at radius 3 is 2.56 bits per heavy atom. The van der Waals surface area contributed by atoms with E-state index in [2.05, 4.69) is 24.4 Å². The number of aliphatic carboxylic acids is 1. The van der Waals surface area contributed by atoms with Crippen molar-refractivity contribution in [2.75, 3.05) is 0 Å². The molecule has 0 aromatic carbocycles. The maximum atomic E-state index is 10.8. The van der Waals surface area contributed by atoms with Crippen LogP contribution in [-0.2, 0) is 17.8 Å². The third-order valence-electron chi connectivity index (χ3n) is 2.80. The fourth-order valence-corrected chi connectivity index (χ4v) is 2.27. The number of hydrogen-bond acceptors (Lipinski definition) is 3. The number of nitrogens with one attached hydrogen (secondary N) is 1. The van der Waals surface area contributed by atoms with Crippen LogP contribution in [0.1, 0.15) is 30.5 Å². The van der Waals surface area contributed by atoms with E-state index < -0.39 is 5.97 Å². The largest absolute Gasteiger partial charge is 0.481 e. The summed E-state index contributed by atoms with van der Waals surface area (Å²) in [4.78, 5) is 13.4. The number of thiophene rings is 1. The zero-order chi connectivity index (χ0) is 12.1. The molecular weight excluding hydrogens is 222 g/mol. The third kappa shape index (κ3) is 3.61. The van der Waals surface area contributed by atoms with Crippen LogP contribution in [0.15, 0.2) is 12.1 Å². The molecule has 0 saturated heterocycles. The molecule has 0 bridgehead atoms. The molecular formula is C12H19NO2S. The predicted octanol–water partition coefficient (Wildman–Crippen LogP) is 2.51. The molecule has 0 aliphatic rings. The van der Waals surface area contributed by atoms with E-state index in [9.17, 15) is 4.79 Å². The molecule has 16 heavy (non-hydrogen) atoms. The van der Waals surface area contributed by atoms with Crippen LogP contribution in [0.4, 0.5) is 0 Å². The quantitative estimate of drug-likeness (QED) is 0.804. The first-order chi connectivity index (χ1) is 7.54. The molecule has 1 rings (SSSR count). The normalized spacial score (nSPS) is 14.7. The summed E-state index contributed by atoms with van der Waals surface area (Å²) in [5.74, 6) is -1.11. The summed E-state index contributed by atoms with van der Waals surface area (Å²) in [6.07, 6.45) is 1.06. The molecule has 2 unspecified atom stereocenters. The maximum Gasteiger partial charge on any atom is 0.307 e. The van der Waals surface area contributed by atoms with Crippen molar-refractivity contribution < 1.29 is 9.90 Å². The van der Waals surface area contributed by atoms with Gasteiger partial charge in [-0.2, -0.15) is 0 Å². The highest BCUT2D eigenvalue weighted by Crippen LogP contribution is 2.17. The number of aryl methyl sites for hydroxylation is 1. The van der Waals surface area contributed by atoms with Gasteiger partial charge in [-0.05, 0) is 25.5 Å². The Balaban J connectivity index is 2.42. The van der Waals surface area contributed by atoms with E-state index in [0.29, 0.717) is 0 Å². The maximum absolute atomic E-state index is 10.8. The molecule has 0 radical (unpaired) electrons. The smallest absolute Gasteiger partial charge is 0.307 e. The van der Waals surface area contributed by atoms with Gasteiger partial charge in [-0.3, -0.25) is 4.79 Å². The fraction of sp³-hybridized carbons (Fsp3) is 0.583. The Morgan fingerprint density at radius 2 is 2.06 bits per heavy atom. The minimum atomic E-state index is -0.750. The minimum Gasteiger partial charge on any atom is -0.481 e. The second kappa shape index (κ2) is 6.01. The second-order valence-corrected chi connectivity index (χ2v) is 5.27. The van der Waals surface area contributed by atoms with Gasteiger partial charge in [-0.15, -0.1) is 11.3 Å². The monoisotopic (exact) mass is 241 g/mol. The van der Waals surface area contributed by atoms with Gasteiger partial charge in [0.2, 0.25) is 0 Å². The van der Waals surface area contributed by atoms with Crippen LogP contribution in [0.5, 0.6) is 0 Å². The van der Waals surface area contributed by atoms with Crippen molar-refractivity contribution in [1.29, 1.82) is 0 Å². The minimum absolute atomic E-state index is 0.00956. The molecule has 2 N–H and O–H groups in total. The van der Waals surface area contributed by atoms with E-state index >= 15 is 0 Å². The van der Waals surface area contributed by atoms with Gasteiger partial charge in [0.25, 0.3) is 0 Å². The van der Waals surface area contributed by atoms with Crippen LogP contribution >= 0.6 is 11.3 Å². The van der Waals surface area contributed by atoms with Crippen molar-refractivity contribution >= 4 is 17.3 Å². The summed E-state index contributed by atoms with van der Waals surface area (Å²) in [5, 5.41) is 12.1. The van der Waals surface area contributed by atoms with Gasteiger partial charge in [0.1, 0.15) is 0 Å². The number of carbonyl (C=O) groups is 1. The Hall–Kier alpha value is -0.870. The highest BCUT2D eigenvalue weighted by atomic mass is 32.1. The van der Waals surface area contributed by atoms with Gasteiger partial charge in [0.05, 0.1) is 5.92 Å². The topological polar surface area (TPSA) is 49.3 Å². The van der Waals surface area contributed by atoms with Crippen molar-refractivity contribution in [3.8, 4) is 0 Å². The summed E-state index contributed by atoms with van der Waals surface area (Å²) < 4.78 is 0. The Kier molecular flexibility index (Phi) is 4.96. The lowest BCUT2D eigenvalue weighted by molar-refractivity contribution is -0.141. The first kappa shape index (κ1) is 13.2. The summed E-state index contributed by atoms with van der Waals surface area (Å²) in [6.45, 7) is 6.53. The molecule has 0 amide bonds. The molecule has 1 aromatic heterocycles. The van der Waals surface area contributed by atoms with Gasteiger partial charge in [-0.25, -0.2) is 0 Å². The van der Waals surface area contributed by atoms with Gasteiger partial charge >= 0.3 is 5.97 Å². The molecule has 4 heteroatoms. The standard InChI is InChI=1S/C12H19NO2S/c1-4-10-5-6-11(16-10)7-13-9(3)8(2)12(14)15/h5-6,8-9,13H,4,7H2,1-3H3,(H,14,15). The van der Waals surface area contributed by atoms with E-state index in [1.807, 2.05) is 6.92 Å².